The summed E-state index contributed by atoms with van der Waals surface area (Å²) in [5, 5.41) is 0. The second-order valence-corrected chi connectivity index (χ2v) is 2.21. The van der Waals surface area contributed by atoms with Crippen LogP contribution in [0.2, 0.25) is 6.32 Å². The zero-order valence-corrected chi connectivity index (χ0v) is 5.54. The van der Waals surface area contributed by atoms with Crippen LogP contribution in [0.1, 0.15) is 26.2 Å². The quantitative estimate of drug-likeness (QED) is 0.459. The number of rotatable bonds is 4. The molecule has 0 atom stereocenters. The van der Waals surface area contributed by atoms with Crippen molar-refractivity contribution in [2.24, 2.45) is 0 Å². The molecule has 0 spiro atoms. The molecule has 0 amide bonds. The zero-order valence-electron chi connectivity index (χ0n) is 5.54. The molecule has 0 nitrogen and oxygen atoms in total. The molecule has 0 saturated heterocycles. The maximum absolute atomic E-state index is 11.4. The fraction of sp³-hybridized carbons (Fsp3) is 1.00. The Labute approximate surface area is 102 Å². The van der Waals surface area contributed by atoms with Gasteiger partial charge in [0.05, 0.1) is 0 Å². The molecule has 0 aromatic rings. The van der Waals surface area contributed by atoms with Gasteiger partial charge in [-0.1, -0.05) is 32.5 Å². The predicted molar refractivity (Wildman–Crippen MR) is 40.6 cm³/mol. The van der Waals surface area contributed by atoms with Crippen molar-refractivity contribution in [1.29, 1.82) is 0 Å². The molecule has 0 bridgehead atoms. The molecule has 0 radical (unpaired) electrons. The summed E-state index contributed by atoms with van der Waals surface area (Å²) in [5.41, 5.74) is 0. The van der Waals surface area contributed by atoms with E-state index in [0.29, 0.717) is 12.8 Å². The summed E-state index contributed by atoms with van der Waals surface area (Å²) in [5.74, 6) is 0. The summed E-state index contributed by atoms with van der Waals surface area (Å²) >= 11 is 0. The van der Waals surface area contributed by atoms with Crippen LogP contribution >= 0.6 is 0 Å². The van der Waals surface area contributed by atoms with Gasteiger partial charge in [0.2, 0.25) is 0 Å². The number of hydrogen-bond donors (Lipinski definition) is 0. The second kappa shape index (κ2) is 7.16. The Bertz CT molecular complexity index is 73.8. The number of unbranched alkanes of at least 4 members (excludes halogenated alkanes) is 2. The van der Waals surface area contributed by atoms with Crippen molar-refractivity contribution >= 4 is 58.4 Å². The van der Waals surface area contributed by atoms with Crippen molar-refractivity contribution in [3.63, 3.8) is 0 Å². The normalized spacial score (nSPS) is 10.8. The van der Waals surface area contributed by atoms with Gasteiger partial charge in [-0.25, -0.2) is 0 Å². The van der Waals surface area contributed by atoms with Crippen molar-refractivity contribution in [3.8, 4) is 0 Å². The monoisotopic (exact) mass is 179 g/mol. The SMILES string of the molecule is CCCCC[B-](F)(F)F.[KH]. The molecular weight excluding hydrogens is 167 g/mol. The third-order valence-corrected chi connectivity index (χ3v) is 1.14. The Hall–Kier alpha value is 1.49. The Kier molecular flexibility index (Phi) is 10.0. The Morgan fingerprint density at radius 2 is 1.60 bits per heavy atom. The van der Waals surface area contributed by atoms with Crippen molar-refractivity contribution in [3.05, 3.63) is 0 Å². The number of halogens is 3. The molecule has 0 N–H and O–H groups in total. The Morgan fingerprint density at radius 1 is 1.10 bits per heavy atom. The van der Waals surface area contributed by atoms with E-state index in [0.717, 1.165) is 6.42 Å². The van der Waals surface area contributed by atoms with Gasteiger partial charge in [-0.15, -0.1) is 0 Å². The van der Waals surface area contributed by atoms with Crippen LogP contribution in [-0.4, -0.2) is 58.4 Å². The first-order valence-electron chi connectivity index (χ1n) is 3.27. The summed E-state index contributed by atoms with van der Waals surface area (Å²) in [7, 11) is 0. The first kappa shape index (κ1) is 14.0. The van der Waals surface area contributed by atoms with E-state index in [2.05, 4.69) is 0 Å². The van der Waals surface area contributed by atoms with E-state index >= 15 is 0 Å². The minimum absolute atomic E-state index is 0. The summed E-state index contributed by atoms with van der Waals surface area (Å²) in [6.07, 6.45) is 1.29. The number of hydrogen-bond acceptors (Lipinski definition) is 0. The molecule has 0 aliphatic carbocycles. The molecule has 0 rings (SSSR count). The summed E-state index contributed by atoms with van der Waals surface area (Å²) in [6.45, 7) is -2.62. The summed E-state index contributed by atoms with van der Waals surface area (Å²) in [4.78, 5) is 0. The molecule has 0 aliphatic rings. The molecule has 0 aromatic carbocycles. The van der Waals surface area contributed by atoms with E-state index in [1.54, 1.807) is 0 Å². The predicted octanol–water partition coefficient (Wildman–Crippen LogP) is 2.38. The standard InChI is InChI=1S/C5H11BF3.K.H/c1-2-3-4-5-6(7,8)9;;/h2-5H2,1H3;;/q-1;;. The Morgan fingerprint density at radius 3 is 1.90 bits per heavy atom. The van der Waals surface area contributed by atoms with Crippen molar-refractivity contribution in [1.82, 2.24) is 0 Å². The summed E-state index contributed by atoms with van der Waals surface area (Å²) < 4.78 is 34.3. The van der Waals surface area contributed by atoms with Crippen LogP contribution in [0, 0.1) is 0 Å². The molecule has 58 valence electrons. The third kappa shape index (κ3) is 12.2. The van der Waals surface area contributed by atoms with E-state index in [4.69, 9.17) is 0 Å². The van der Waals surface area contributed by atoms with Gasteiger partial charge in [0.25, 0.3) is 0 Å². The van der Waals surface area contributed by atoms with Gasteiger partial charge in [-0.3, -0.25) is 0 Å². The van der Waals surface area contributed by atoms with Crippen LogP contribution < -0.4 is 0 Å². The zero-order chi connectivity index (χ0) is 7.33. The fourth-order valence-corrected chi connectivity index (χ4v) is 0.626. The third-order valence-electron chi connectivity index (χ3n) is 1.14. The van der Waals surface area contributed by atoms with Gasteiger partial charge in [-0.2, -0.15) is 0 Å². The van der Waals surface area contributed by atoms with Gasteiger partial charge >= 0.3 is 58.4 Å². The minimum atomic E-state index is -4.51. The van der Waals surface area contributed by atoms with Crippen molar-refractivity contribution in [2.75, 3.05) is 0 Å². The summed E-state index contributed by atoms with van der Waals surface area (Å²) in [6, 6.07) is 0. The van der Waals surface area contributed by atoms with E-state index < -0.39 is 13.3 Å². The van der Waals surface area contributed by atoms with Crippen LogP contribution in [0.25, 0.3) is 0 Å². The molecule has 10 heavy (non-hydrogen) atoms. The molecule has 0 unspecified atom stereocenters. The molecule has 5 heteroatoms. The van der Waals surface area contributed by atoms with Crippen LogP contribution in [0.4, 0.5) is 12.9 Å². The average molecular weight is 179 g/mol. The Balaban J connectivity index is 0. The van der Waals surface area contributed by atoms with Gasteiger partial charge in [0.15, 0.2) is 0 Å². The topological polar surface area (TPSA) is 0 Å². The van der Waals surface area contributed by atoms with Gasteiger partial charge in [0.1, 0.15) is 0 Å². The first-order valence-corrected chi connectivity index (χ1v) is 3.27. The molecule has 0 aliphatic heterocycles. The van der Waals surface area contributed by atoms with Crippen molar-refractivity contribution < 1.29 is 12.9 Å². The molecule has 0 fully saturated rings. The molecular formula is C5H12BF3K-. The van der Waals surface area contributed by atoms with E-state index in [9.17, 15) is 12.9 Å². The average Bonchev–Trinajstić information content (AvgIpc) is 1.63. The van der Waals surface area contributed by atoms with Gasteiger partial charge in [0, 0.05) is 0 Å². The molecule has 0 saturated carbocycles. The maximum atomic E-state index is 11.4. The van der Waals surface area contributed by atoms with E-state index in [1.807, 2.05) is 6.92 Å². The molecule has 0 heterocycles. The fourth-order valence-electron chi connectivity index (χ4n) is 0.626. The molecule has 0 aromatic heterocycles. The van der Waals surface area contributed by atoms with Crippen LogP contribution in [0.3, 0.4) is 0 Å². The van der Waals surface area contributed by atoms with Gasteiger partial charge < -0.3 is 12.9 Å². The van der Waals surface area contributed by atoms with Crippen molar-refractivity contribution in [2.45, 2.75) is 32.5 Å². The van der Waals surface area contributed by atoms with Gasteiger partial charge in [-0.05, 0) is 0 Å². The van der Waals surface area contributed by atoms with Crippen LogP contribution in [0.5, 0.6) is 0 Å². The van der Waals surface area contributed by atoms with Crippen LogP contribution in [0.15, 0.2) is 0 Å². The van der Waals surface area contributed by atoms with E-state index in [1.165, 1.54) is 0 Å². The second-order valence-electron chi connectivity index (χ2n) is 2.21. The first-order chi connectivity index (χ1) is 4.06. The van der Waals surface area contributed by atoms with Crippen LogP contribution in [-0.2, 0) is 0 Å². The van der Waals surface area contributed by atoms with E-state index in [-0.39, 0.29) is 51.4 Å².